The Kier molecular flexibility index (Phi) is 6.15. The standard InChI is InChI=1S/C19H25FN4O4/c1-22-5-7-23(8-6-22)16-4-3-13(20)11-15(16)21-17-14(19(27)28-2)12-24(9-10-25)18(17)26/h3-4,11,21,25H,5-10,12H2,1-2H3. The number of benzene rings is 1. The summed E-state index contributed by atoms with van der Waals surface area (Å²) in [6.07, 6.45) is 0. The van der Waals surface area contributed by atoms with Crippen molar-refractivity contribution in [3.8, 4) is 0 Å². The minimum atomic E-state index is -0.631. The number of piperazine rings is 1. The van der Waals surface area contributed by atoms with Gasteiger partial charge in [-0.05, 0) is 25.2 Å². The highest BCUT2D eigenvalue weighted by Crippen LogP contribution is 2.31. The molecule has 2 N–H and O–H groups in total. The zero-order valence-corrected chi connectivity index (χ0v) is 16.1. The molecule has 0 spiro atoms. The van der Waals surface area contributed by atoms with E-state index in [-0.39, 0.29) is 31.0 Å². The lowest BCUT2D eigenvalue weighted by Gasteiger charge is -2.35. The predicted octanol–water partition coefficient (Wildman–Crippen LogP) is 0.251. The summed E-state index contributed by atoms with van der Waals surface area (Å²) in [5.74, 6) is -1.50. The second-order valence-electron chi connectivity index (χ2n) is 6.87. The highest BCUT2D eigenvalue weighted by atomic mass is 19.1. The molecule has 0 radical (unpaired) electrons. The number of ether oxygens (including phenoxy) is 1. The monoisotopic (exact) mass is 392 g/mol. The Morgan fingerprint density at radius 3 is 2.64 bits per heavy atom. The fourth-order valence-electron chi connectivity index (χ4n) is 3.42. The van der Waals surface area contributed by atoms with E-state index in [9.17, 15) is 14.0 Å². The van der Waals surface area contributed by atoms with E-state index in [2.05, 4.69) is 15.1 Å². The molecule has 0 bridgehead atoms. The normalized spacial score (nSPS) is 18.1. The molecule has 0 atom stereocenters. The van der Waals surface area contributed by atoms with Gasteiger partial charge in [-0.2, -0.15) is 0 Å². The highest BCUT2D eigenvalue weighted by molar-refractivity contribution is 6.09. The molecule has 1 saturated heterocycles. The maximum absolute atomic E-state index is 14.0. The van der Waals surface area contributed by atoms with Crippen LogP contribution in [-0.4, -0.2) is 86.8 Å². The van der Waals surface area contributed by atoms with E-state index in [0.717, 1.165) is 31.9 Å². The molecule has 1 amide bonds. The number of nitrogens with zero attached hydrogens (tertiary/aromatic N) is 3. The molecule has 152 valence electrons. The van der Waals surface area contributed by atoms with Crippen LogP contribution in [0.3, 0.4) is 0 Å². The number of anilines is 2. The van der Waals surface area contributed by atoms with E-state index in [0.29, 0.717) is 5.69 Å². The quantitative estimate of drug-likeness (QED) is 0.672. The molecule has 2 aliphatic rings. The van der Waals surface area contributed by atoms with Gasteiger partial charge in [0.2, 0.25) is 0 Å². The lowest BCUT2D eigenvalue weighted by Crippen LogP contribution is -2.44. The molecule has 0 saturated carbocycles. The molecule has 0 unspecified atom stereocenters. The summed E-state index contributed by atoms with van der Waals surface area (Å²) in [5.41, 5.74) is 1.40. The molecule has 1 aromatic carbocycles. The van der Waals surface area contributed by atoms with Gasteiger partial charge in [-0.1, -0.05) is 0 Å². The maximum Gasteiger partial charge on any atom is 0.337 e. The molecular formula is C19H25FN4O4. The first-order valence-electron chi connectivity index (χ1n) is 9.16. The van der Waals surface area contributed by atoms with E-state index in [4.69, 9.17) is 9.84 Å². The van der Waals surface area contributed by atoms with Crippen molar-refractivity contribution >= 4 is 23.3 Å². The lowest BCUT2D eigenvalue weighted by atomic mass is 10.1. The number of aliphatic hydroxyl groups excluding tert-OH is 1. The number of rotatable bonds is 6. The zero-order valence-electron chi connectivity index (χ0n) is 16.1. The molecule has 9 heteroatoms. The van der Waals surface area contributed by atoms with E-state index in [1.165, 1.54) is 24.1 Å². The van der Waals surface area contributed by atoms with Gasteiger partial charge in [0.15, 0.2) is 0 Å². The molecule has 0 aliphatic carbocycles. The molecule has 8 nitrogen and oxygen atoms in total. The Labute approximate surface area is 163 Å². The summed E-state index contributed by atoms with van der Waals surface area (Å²) in [4.78, 5) is 30.5. The molecule has 2 aliphatic heterocycles. The Morgan fingerprint density at radius 2 is 2.00 bits per heavy atom. The van der Waals surface area contributed by atoms with Crippen molar-refractivity contribution in [3.05, 3.63) is 35.3 Å². The van der Waals surface area contributed by atoms with Gasteiger partial charge >= 0.3 is 5.97 Å². The molecular weight excluding hydrogens is 367 g/mol. The van der Waals surface area contributed by atoms with E-state index < -0.39 is 17.7 Å². The predicted molar refractivity (Wildman–Crippen MR) is 102 cm³/mol. The summed E-state index contributed by atoms with van der Waals surface area (Å²) in [7, 11) is 3.28. The van der Waals surface area contributed by atoms with Crippen LogP contribution in [0, 0.1) is 5.82 Å². The lowest BCUT2D eigenvalue weighted by molar-refractivity contribution is -0.136. The van der Waals surface area contributed by atoms with Crippen LogP contribution in [0.25, 0.3) is 0 Å². The van der Waals surface area contributed by atoms with Gasteiger partial charge in [-0.3, -0.25) is 4.79 Å². The van der Waals surface area contributed by atoms with Gasteiger partial charge in [-0.25, -0.2) is 9.18 Å². The van der Waals surface area contributed by atoms with Crippen LogP contribution < -0.4 is 10.2 Å². The number of halogens is 1. The zero-order chi connectivity index (χ0) is 20.3. The Morgan fingerprint density at radius 1 is 1.29 bits per heavy atom. The molecule has 0 aromatic heterocycles. The number of aliphatic hydroxyl groups is 1. The number of methoxy groups -OCH3 is 1. The number of hydrogen-bond donors (Lipinski definition) is 2. The molecule has 2 heterocycles. The van der Waals surface area contributed by atoms with E-state index in [1.54, 1.807) is 6.07 Å². The second kappa shape index (κ2) is 8.57. The van der Waals surface area contributed by atoms with Crippen LogP contribution in [0.2, 0.25) is 0 Å². The number of hydrogen-bond acceptors (Lipinski definition) is 7. The number of amides is 1. The molecule has 3 rings (SSSR count). The largest absolute Gasteiger partial charge is 0.466 e. The van der Waals surface area contributed by atoms with Crippen molar-refractivity contribution in [2.24, 2.45) is 0 Å². The summed E-state index contributed by atoms with van der Waals surface area (Å²) >= 11 is 0. The molecule has 1 fully saturated rings. The maximum atomic E-state index is 14.0. The fourth-order valence-corrected chi connectivity index (χ4v) is 3.42. The topological polar surface area (TPSA) is 85.4 Å². The number of nitrogens with one attached hydrogen (secondary N) is 1. The third-order valence-corrected chi connectivity index (χ3v) is 5.02. The Bertz CT molecular complexity index is 790. The van der Waals surface area contributed by atoms with Gasteiger partial charge in [-0.15, -0.1) is 0 Å². The Hall–Kier alpha value is -2.65. The fraction of sp³-hybridized carbons (Fsp3) is 0.474. The molecule has 28 heavy (non-hydrogen) atoms. The van der Waals surface area contributed by atoms with Crippen LogP contribution >= 0.6 is 0 Å². The number of carbonyl (C=O) groups is 2. The van der Waals surface area contributed by atoms with Gasteiger partial charge < -0.3 is 29.9 Å². The minimum Gasteiger partial charge on any atom is -0.466 e. The smallest absolute Gasteiger partial charge is 0.337 e. The van der Waals surface area contributed by atoms with Gasteiger partial charge in [0.05, 0.1) is 37.2 Å². The number of esters is 1. The van der Waals surface area contributed by atoms with Crippen molar-refractivity contribution in [3.63, 3.8) is 0 Å². The number of β-amino-alcohol motifs (C(OH)–C–C–N with tert-alkyl or cyclic N) is 1. The van der Waals surface area contributed by atoms with Gasteiger partial charge in [0, 0.05) is 32.7 Å². The highest BCUT2D eigenvalue weighted by Gasteiger charge is 2.35. The average Bonchev–Trinajstić information content (AvgIpc) is 2.98. The first-order valence-corrected chi connectivity index (χ1v) is 9.16. The minimum absolute atomic E-state index is 0.0353. The first kappa shape index (κ1) is 20.1. The van der Waals surface area contributed by atoms with Crippen molar-refractivity contribution in [1.29, 1.82) is 0 Å². The summed E-state index contributed by atoms with van der Waals surface area (Å²) in [5, 5.41) is 12.1. The van der Waals surface area contributed by atoms with Crippen molar-refractivity contribution < 1.29 is 23.8 Å². The van der Waals surface area contributed by atoms with Crippen molar-refractivity contribution in [1.82, 2.24) is 9.80 Å². The second-order valence-corrected chi connectivity index (χ2v) is 6.87. The van der Waals surface area contributed by atoms with Crippen molar-refractivity contribution in [2.75, 3.05) is 70.2 Å². The van der Waals surface area contributed by atoms with Crippen LogP contribution in [0.4, 0.5) is 15.8 Å². The van der Waals surface area contributed by atoms with Crippen LogP contribution in [0.5, 0.6) is 0 Å². The average molecular weight is 392 g/mol. The number of likely N-dealkylation sites (N-methyl/N-ethyl adjacent to an activating group) is 1. The third kappa shape index (κ3) is 4.10. The van der Waals surface area contributed by atoms with E-state index >= 15 is 0 Å². The summed E-state index contributed by atoms with van der Waals surface area (Å²) < 4.78 is 18.8. The van der Waals surface area contributed by atoms with Crippen LogP contribution in [0.1, 0.15) is 0 Å². The van der Waals surface area contributed by atoms with E-state index in [1.807, 2.05) is 7.05 Å². The number of carbonyl (C=O) groups excluding carboxylic acids is 2. The Balaban J connectivity index is 1.93. The third-order valence-electron chi connectivity index (χ3n) is 5.02. The van der Waals surface area contributed by atoms with Crippen molar-refractivity contribution in [2.45, 2.75) is 0 Å². The SMILES string of the molecule is COC(=O)C1=C(Nc2cc(F)ccc2N2CCN(C)CC2)C(=O)N(CCO)C1. The van der Waals surface area contributed by atoms with Gasteiger partial charge in [0.1, 0.15) is 11.5 Å². The van der Waals surface area contributed by atoms with Gasteiger partial charge in [0.25, 0.3) is 5.91 Å². The van der Waals surface area contributed by atoms with Crippen LogP contribution in [0.15, 0.2) is 29.5 Å². The summed E-state index contributed by atoms with van der Waals surface area (Å²) in [6.45, 7) is 3.19. The molecule has 1 aromatic rings. The van der Waals surface area contributed by atoms with Crippen LogP contribution in [-0.2, 0) is 14.3 Å². The first-order chi connectivity index (χ1) is 13.4. The summed E-state index contributed by atoms with van der Waals surface area (Å²) in [6, 6.07) is 4.37.